The minimum Gasteiger partial charge on any atom is -0.367 e. The van der Waals surface area contributed by atoms with E-state index in [-0.39, 0.29) is 0 Å². The van der Waals surface area contributed by atoms with Gasteiger partial charge < -0.3 is 5.32 Å². The molecule has 0 spiro atoms. The normalized spacial score (nSPS) is 15.8. The molecule has 0 atom stereocenters. The number of pyridine rings is 1. The third kappa shape index (κ3) is 3.01. The molecule has 1 aromatic carbocycles. The first-order valence-electron chi connectivity index (χ1n) is 8.72. The van der Waals surface area contributed by atoms with E-state index in [0.29, 0.717) is 6.04 Å². The van der Waals surface area contributed by atoms with Crippen molar-refractivity contribution in [2.24, 2.45) is 0 Å². The van der Waals surface area contributed by atoms with Crippen LogP contribution in [-0.2, 0) is 0 Å². The summed E-state index contributed by atoms with van der Waals surface area (Å²) >= 11 is 6.05. The van der Waals surface area contributed by atoms with Gasteiger partial charge >= 0.3 is 0 Å². The molecule has 0 unspecified atom stereocenters. The summed E-state index contributed by atoms with van der Waals surface area (Å²) in [5.74, 6) is 1.10. The van der Waals surface area contributed by atoms with Crippen LogP contribution in [0.15, 0.2) is 42.6 Å². The second-order valence-corrected chi connectivity index (χ2v) is 7.16. The molecule has 3 nitrogen and oxygen atoms in total. The average Bonchev–Trinajstić information content (AvgIpc) is 2.94. The molecule has 1 aliphatic carbocycles. The number of halogens is 1. The van der Waals surface area contributed by atoms with E-state index in [1.807, 2.05) is 24.3 Å². The van der Waals surface area contributed by atoms with Gasteiger partial charge in [0.05, 0.1) is 0 Å². The Hall–Kier alpha value is -2.00. The molecule has 1 saturated carbocycles. The van der Waals surface area contributed by atoms with Crippen molar-refractivity contribution in [3.05, 3.63) is 53.2 Å². The van der Waals surface area contributed by atoms with Gasteiger partial charge in [-0.05, 0) is 49.6 Å². The predicted octanol–water partition coefficient (Wildman–Crippen LogP) is 5.71. The summed E-state index contributed by atoms with van der Waals surface area (Å²) in [7, 11) is 0. The van der Waals surface area contributed by atoms with Crippen LogP contribution in [0.1, 0.15) is 37.7 Å². The van der Waals surface area contributed by atoms with E-state index in [2.05, 4.69) is 35.0 Å². The molecule has 124 valence electrons. The lowest BCUT2D eigenvalue weighted by molar-refractivity contribution is 0.462. The molecule has 4 rings (SSSR count). The molecular weight excluding hydrogens is 318 g/mol. The van der Waals surface area contributed by atoms with Crippen LogP contribution in [0.4, 0.5) is 5.82 Å². The molecule has 2 aromatic heterocycles. The Morgan fingerprint density at radius 2 is 1.83 bits per heavy atom. The molecule has 3 aromatic rings. The molecule has 1 N–H and O–H groups in total. The highest BCUT2D eigenvalue weighted by molar-refractivity contribution is 6.30. The van der Waals surface area contributed by atoms with E-state index in [4.69, 9.17) is 16.6 Å². The minimum atomic E-state index is 0.533. The Labute approximate surface area is 147 Å². The zero-order chi connectivity index (χ0) is 16.5. The quantitative estimate of drug-likeness (QED) is 0.662. The van der Waals surface area contributed by atoms with Crippen LogP contribution in [0, 0.1) is 6.92 Å². The first-order valence-corrected chi connectivity index (χ1v) is 9.10. The molecule has 1 fully saturated rings. The largest absolute Gasteiger partial charge is 0.367 e. The minimum absolute atomic E-state index is 0.533. The Bertz CT molecular complexity index is 845. The van der Waals surface area contributed by atoms with E-state index < -0.39 is 0 Å². The third-order valence-corrected chi connectivity index (χ3v) is 5.10. The average molecular weight is 340 g/mol. The topological polar surface area (TPSA) is 29.3 Å². The summed E-state index contributed by atoms with van der Waals surface area (Å²) < 4.78 is 2.17. The van der Waals surface area contributed by atoms with Crippen LogP contribution < -0.4 is 5.32 Å². The molecule has 0 bridgehead atoms. The molecule has 2 heterocycles. The van der Waals surface area contributed by atoms with Crippen molar-refractivity contribution >= 4 is 23.1 Å². The molecule has 4 heteroatoms. The van der Waals surface area contributed by atoms with Crippen molar-refractivity contribution < 1.29 is 0 Å². The van der Waals surface area contributed by atoms with Crippen molar-refractivity contribution in [1.29, 1.82) is 0 Å². The van der Waals surface area contributed by atoms with Crippen LogP contribution >= 0.6 is 11.6 Å². The standard InChI is InChI=1S/C20H22ClN3/c1-14-11-12-24-18(13-14)23-19(15-7-9-16(21)10-8-15)20(24)22-17-5-3-2-4-6-17/h7-13,17,22H,2-6H2,1H3. The molecule has 0 amide bonds. The van der Waals surface area contributed by atoms with Gasteiger partial charge in [-0.2, -0.15) is 0 Å². The maximum Gasteiger partial charge on any atom is 0.139 e. The van der Waals surface area contributed by atoms with E-state index in [0.717, 1.165) is 27.7 Å². The van der Waals surface area contributed by atoms with Gasteiger partial charge in [0.1, 0.15) is 17.2 Å². The highest BCUT2D eigenvalue weighted by Crippen LogP contribution is 2.32. The van der Waals surface area contributed by atoms with Gasteiger partial charge in [0.2, 0.25) is 0 Å². The lowest BCUT2D eigenvalue weighted by Crippen LogP contribution is -2.23. The molecular formula is C20H22ClN3. The summed E-state index contributed by atoms with van der Waals surface area (Å²) in [5.41, 5.74) is 4.31. The summed E-state index contributed by atoms with van der Waals surface area (Å²) in [6, 6.07) is 12.7. The monoisotopic (exact) mass is 339 g/mol. The van der Waals surface area contributed by atoms with E-state index >= 15 is 0 Å². The highest BCUT2D eigenvalue weighted by atomic mass is 35.5. The van der Waals surface area contributed by atoms with E-state index in [1.54, 1.807) is 0 Å². The number of nitrogens with one attached hydrogen (secondary N) is 1. The number of aromatic nitrogens is 2. The van der Waals surface area contributed by atoms with Crippen LogP contribution in [0.2, 0.25) is 5.02 Å². The second-order valence-electron chi connectivity index (χ2n) is 6.73. The van der Waals surface area contributed by atoms with E-state index in [1.165, 1.54) is 37.7 Å². The lowest BCUT2D eigenvalue weighted by atomic mass is 9.95. The van der Waals surface area contributed by atoms with Gasteiger partial charge in [-0.3, -0.25) is 4.40 Å². The first kappa shape index (κ1) is 15.5. The number of anilines is 1. The fraction of sp³-hybridized carbons (Fsp3) is 0.350. The Morgan fingerprint density at radius 1 is 1.08 bits per heavy atom. The zero-order valence-corrected chi connectivity index (χ0v) is 14.7. The predicted molar refractivity (Wildman–Crippen MR) is 101 cm³/mol. The molecule has 0 aliphatic heterocycles. The third-order valence-electron chi connectivity index (χ3n) is 4.85. The van der Waals surface area contributed by atoms with Gasteiger partial charge in [0.15, 0.2) is 0 Å². The fourth-order valence-electron chi connectivity index (χ4n) is 3.53. The second kappa shape index (κ2) is 6.48. The maximum atomic E-state index is 6.05. The molecule has 0 saturated heterocycles. The van der Waals surface area contributed by atoms with Gasteiger partial charge in [-0.1, -0.05) is 43.0 Å². The highest BCUT2D eigenvalue weighted by Gasteiger charge is 2.19. The Balaban J connectivity index is 1.81. The number of benzene rings is 1. The van der Waals surface area contributed by atoms with Crippen LogP contribution in [0.3, 0.4) is 0 Å². The number of aryl methyl sites for hydroxylation is 1. The van der Waals surface area contributed by atoms with Gasteiger partial charge in [-0.25, -0.2) is 4.98 Å². The number of fused-ring (bicyclic) bond motifs is 1. The number of hydrogen-bond donors (Lipinski definition) is 1. The molecule has 1 aliphatic rings. The maximum absolute atomic E-state index is 6.05. The van der Waals surface area contributed by atoms with Crippen molar-refractivity contribution in [3.63, 3.8) is 0 Å². The molecule has 0 radical (unpaired) electrons. The van der Waals surface area contributed by atoms with Crippen LogP contribution in [0.25, 0.3) is 16.9 Å². The SMILES string of the molecule is Cc1ccn2c(NC3CCCCC3)c(-c3ccc(Cl)cc3)nc2c1. The Kier molecular flexibility index (Phi) is 4.19. The van der Waals surface area contributed by atoms with Crippen molar-refractivity contribution in [3.8, 4) is 11.3 Å². The van der Waals surface area contributed by atoms with Gasteiger partial charge in [0.25, 0.3) is 0 Å². The van der Waals surface area contributed by atoms with Gasteiger partial charge in [-0.15, -0.1) is 0 Å². The number of nitrogens with zero attached hydrogens (tertiary/aromatic N) is 2. The van der Waals surface area contributed by atoms with Gasteiger partial charge in [0, 0.05) is 22.8 Å². The molecule has 24 heavy (non-hydrogen) atoms. The van der Waals surface area contributed by atoms with Crippen LogP contribution in [-0.4, -0.2) is 15.4 Å². The summed E-state index contributed by atoms with van der Waals surface area (Å²) in [4.78, 5) is 4.90. The lowest BCUT2D eigenvalue weighted by Gasteiger charge is -2.24. The first-order chi connectivity index (χ1) is 11.7. The summed E-state index contributed by atoms with van der Waals surface area (Å²) in [6.45, 7) is 2.10. The van der Waals surface area contributed by atoms with Crippen molar-refractivity contribution in [1.82, 2.24) is 9.38 Å². The van der Waals surface area contributed by atoms with Crippen molar-refractivity contribution in [2.45, 2.75) is 45.1 Å². The Morgan fingerprint density at radius 3 is 2.58 bits per heavy atom. The smallest absolute Gasteiger partial charge is 0.139 e. The summed E-state index contributed by atoms with van der Waals surface area (Å²) in [5, 5.41) is 4.52. The fourth-order valence-corrected chi connectivity index (χ4v) is 3.66. The summed E-state index contributed by atoms with van der Waals surface area (Å²) in [6.07, 6.45) is 8.56. The van der Waals surface area contributed by atoms with Crippen LogP contribution in [0.5, 0.6) is 0 Å². The van der Waals surface area contributed by atoms with Crippen molar-refractivity contribution in [2.75, 3.05) is 5.32 Å². The number of rotatable bonds is 3. The number of hydrogen-bond acceptors (Lipinski definition) is 2. The zero-order valence-electron chi connectivity index (χ0n) is 13.9. The number of imidazole rings is 1. The van der Waals surface area contributed by atoms with E-state index in [9.17, 15) is 0 Å².